The fraction of sp³-hybridized carbons (Fsp3) is 0.833. The molecule has 1 aliphatic heterocycles. The van der Waals surface area contributed by atoms with Crippen molar-refractivity contribution < 1.29 is 14.3 Å². The van der Waals surface area contributed by atoms with Gasteiger partial charge in [0.15, 0.2) is 0 Å². The summed E-state index contributed by atoms with van der Waals surface area (Å²) in [5.74, 6) is -0.803. The fourth-order valence-corrected chi connectivity index (χ4v) is 2.65. The minimum atomic E-state index is -0.273. The average Bonchev–Trinajstić information content (AvgIpc) is 2.49. The van der Waals surface area contributed by atoms with Crippen LogP contribution in [0.4, 0.5) is 0 Å². The Morgan fingerprint density at radius 3 is 1.60 bits per heavy atom. The van der Waals surface area contributed by atoms with Crippen LogP contribution in [0.3, 0.4) is 0 Å². The predicted octanol–water partition coefficient (Wildman–Crippen LogP) is 2.44. The van der Waals surface area contributed by atoms with Crippen molar-refractivity contribution >= 4 is 11.9 Å². The Morgan fingerprint density at radius 1 is 0.733 bits per heavy atom. The Bertz CT molecular complexity index is 234. The van der Waals surface area contributed by atoms with Crippen molar-refractivity contribution in [3.05, 3.63) is 0 Å². The molecule has 1 saturated heterocycles. The maximum atomic E-state index is 11.4. The van der Waals surface area contributed by atoms with Crippen LogP contribution in [0.2, 0.25) is 0 Å². The van der Waals surface area contributed by atoms with Crippen molar-refractivity contribution in [2.24, 2.45) is 11.8 Å². The largest absolute Gasteiger partial charge is 0.393 e. The van der Waals surface area contributed by atoms with Gasteiger partial charge in [-0.1, -0.05) is 38.5 Å². The fourth-order valence-electron chi connectivity index (χ4n) is 2.65. The van der Waals surface area contributed by atoms with Gasteiger partial charge in [0, 0.05) is 0 Å². The number of fused-ring (bicyclic) bond motifs is 1. The minimum Gasteiger partial charge on any atom is -0.393 e. The standard InChI is InChI=1S/C12H18O3/c13-11-9-7-5-3-1-2-4-6-8-10(9)12(14)15-11/h9-10H,1-8H2. The molecule has 0 amide bonds. The normalized spacial score (nSPS) is 33.3. The third kappa shape index (κ3) is 2.39. The van der Waals surface area contributed by atoms with Gasteiger partial charge in [0.2, 0.25) is 0 Å². The van der Waals surface area contributed by atoms with E-state index in [1.165, 1.54) is 25.7 Å². The highest BCUT2D eigenvalue weighted by molar-refractivity contribution is 5.96. The lowest BCUT2D eigenvalue weighted by Crippen LogP contribution is -2.18. The van der Waals surface area contributed by atoms with Gasteiger partial charge < -0.3 is 4.74 Å². The number of hydrogen-bond donors (Lipinski definition) is 0. The molecule has 2 fully saturated rings. The van der Waals surface area contributed by atoms with Crippen LogP contribution in [0.25, 0.3) is 0 Å². The SMILES string of the molecule is O=C1OC(=O)C2CCCCCCCCC12. The summed E-state index contributed by atoms with van der Waals surface area (Å²) >= 11 is 0. The van der Waals surface area contributed by atoms with Gasteiger partial charge in [-0.05, 0) is 12.8 Å². The number of hydrogen-bond acceptors (Lipinski definition) is 3. The molecule has 3 nitrogen and oxygen atoms in total. The quantitative estimate of drug-likeness (QED) is 0.455. The van der Waals surface area contributed by atoms with Gasteiger partial charge in [-0.15, -0.1) is 0 Å². The molecule has 0 bridgehead atoms. The topological polar surface area (TPSA) is 43.4 Å². The van der Waals surface area contributed by atoms with Crippen molar-refractivity contribution in [2.75, 3.05) is 0 Å². The van der Waals surface area contributed by atoms with Crippen LogP contribution >= 0.6 is 0 Å². The van der Waals surface area contributed by atoms with E-state index >= 15 is 0 Å². The maximum Gasteiger partial charge on any atom is 0.317 e. The summed E-state index contributed by atoms with van der Waals surface area (Å²) in [5.41, 5.74) is 0. The summed E-state index contributed by atoms with van der Waals surface area (Å²) in [5, 5.41) is 0. The molecule has 3 heteroatoms. The van der Waals surface area contributed by atoms with Crippen LogP contribution in [0.1, 0.15) is 51.4 Å². The smallest absolute Gasteiger partial charge is 0.317 e. The third-order valence-electron chi connectivity index (χ3n) is 3.57. The Hall–Kier alpha value is -0.860. The lowest BCUT2D eigenvalue weighted by Gasteiger charge is -2.15. The van der Waals surface area contributed by atoms with Gasteiger partial charge in [-0.2, -0.15) is 0 Å². The molecule has 84 valence electrons. The van der Waals surface area contributed by atoms with Crippen molar-refractivity contribution in [3.63, 3.8) is 0 Å². The van der Waals surface area contributed by atoms with Crippen molar-refractivity contribution in [1.29, 1.82) is 0 Å². The predicted molar refractivity (Wildman–Crippen MR) is 55.0 cm³/mol. The number of rotatable bonds is 0. The van der Waals surface area contributed by atoms with Gasteiger partial charge in [-0.3, -0.25) is 9.59 Å². The molecule has 0 spiro atoms. The number of cyclic esters (lactones) is 2. The first kappa shape index (κ1) is 10.7. The zero-order valence-corrected chi connectivity index (χ0v) is 9.04. The average molecular weight is 210 g/mol. The second-order valence-electron chi connectivity index (χ2n) is 4.65. The Kier molecular flexibility index (Phi) is 3.39. The first-order chi connectivity index (χ1) is 7.29. The second kappa shape index (κ2) is 4.77. The molecule has 0 aromatic rings. The third-order valence-corrected chi connectivity index (χ3v) is 3.57. The number of ether oxygens (including phenoxy) is 1. The van der Waals surface area contributed by atoms with E-state index in [-0.39, 0.29) is 23.8 Å². The van der Waals surface area contributed by atoms with Gasteiger partial charge in [0.1, 0.15) is 0 Å². The summed E-state index contributed by atoms with van der Waals surface area (Å²) in [6, 6.07) is 0. The number of carbonyl (C=O) groups is 2. The number of esters is 2. The van der Waals surface area contributed by atoms with E-state index in [2.05, 4.69) is 0 Å². The van der Waals surface area contributed by atoms with Crippen LogP contribution in [-0.4, -0.2) is 11.9 Å². The molecule has 2 aliphatic rings. The van der Waals surface area contributed by atoms with Gasteiger partial charge in [0.05, 0.1) is 11.8 Å². The Labute approximate surface area is 90.2 Å². The summed E-state index contributed by atoms with van der Waals surface area (Å²) in [6.45, 7) is 0. The highest BCUT2D eigenvalue weighted by Crippen LogP contribution is 2.33. The lowest BCUT2D eigenvalue weighted by atomic mass is 9.85. The van der Waals surface area contributed by atoms with E-state index in [1.54, 1.807) is 0 Å². The zero-order valence-electron chi connectivity index (χ0n) is 9.04. The summed E-state index contributed by atoms with van der Waals surface area (Å²) in [7, 11) is 0. The lowest BCUT2D eigenvalue weighted by molar-refractivity contribution is -0.153. The molecule has 2 unspecified atom stereocenters. The first-order valence-electron chi connectivity index (χ1n) is 6.04. The molecular formula is C12H18O3. The Morgan fingerprint density at radius 2 is 1.13 bits per heavy atom. The highest BCUT2D eigenvalue weighted by atomic mass is 16.6. The van der Waals surface area contributed by atoms with Crippen molar-refractivity contribution in [3.8, 4) is 0 Å². The van der Waals surface area contributed by atoms with E-state index in [1.807, 2.05) is 0 Å². The number of carbonyl (C=O) groups excluding carboxylic acids is 2. The molecular weight excluding hydrogens is 192 g/mol. The molecule has 2 rings (SSSR count). The molecule has 1 saturated carbocycles. The van der Waals surface area contributed by atoms with E-state index < -0.39 is 0 Å². The van der Waals surface area contributed by atoms with Crippen molar-refractivity contribution in [2.45, 2.75) is 51.4 Å². The van der Waals surface area contributed by atoms with E-state index in [4.69, 9.17) is 4.74 Å². The summed E-state index contributed by atoms with van der Waals surface area (Å²) < 4.78 is 4.72. The van der Waals surface area contributed by atoms with Crippen LogP contribution in [0.15, 0.2) is 0 Å². The van der Waals surface area contributed by atoms with Crippen LogP contribution in [0.5, 0.6) is 0 Å². The van der Waals surface area contributed by atoms with Crippen LogP contribution in [-0.2, 0) is 14.3 Å². The van der Waals surface area contributed by atoms with Crippen LogP contribution in [0, 0.1) is 11.8 Å². The van der Waals surface area contributed by atoms with E-state index in [9.17, 15) is 9.59 Å². The summed E-state index contributed by atoms with van der Waals surface area (Å²) in [4.78, 5) is 22.9. The van der Waals surface area contributed by atoms with E-state index in [0.29, 0.717) is 0 Å². The minimum absolute atomic E-state index is 0.129. The Balaban J connectivity index is 2.02. The molecule has 0 radical (unpaired) electrons. The zero-order chi connectivity index (χ0) is 10.7. The maximum absolute atomic E-state index is 11.4. The van der Waals surface area contributed by atoms with Crippen molar-refractivity contribution in [1.82, 2.24) is 0 Å². The van der Waals surface area contributed by atoms with E-state index in [0.717, 1.165) is 25.7 Å². The molecule has 1 aliphatic carbocycles. The van der Waals surface area contributed by atoms with Gasteiger partial charge in [-0.25, -0.2) is 0 Å². The second-order valence-corrected chi connectivity index (χ2v) is 4.65. The highest BCUT2D eigenvalue weighted by Gasteiger charge is 2.43. The molecule has 0 aromatic heterocycles. The molecule has 15 heavy (non-hydrogen) atoms. The molecule has 0 aromatic carbocycles. The van der Waals surface area contributed by atoms with Crippen LogP contribution < -0.4 is 0 Å². The van der Waals surface area contributed by atoms with Gasteiger partial charge in [0.25, 0.3) is 0 Å². The molecule has 0 N–H and O–H groups in total. The monoisotopic (exact) mass is 210 g/mol. The molecule has 2 atom stereocenters. The molecule has 1 heterocycles. The van der Waals surface area contributed by atoms with Gasteiger partial charge >= 0.3 is 11.9 Å². The summed E-state index contributed by atoms with van der Waals surface area (Å²) in [6.07, 6.45) is 8.70. The first-order valence-corrected chi connectivity index (χ1v) is 6.04.